The quantitative estimate of drug-likeness (QED) is 0.399. The van der Waals surface area contributed by atoms with E-state index in [1.807, 2.05) is 25.1 Å². The van der Waals surface area contributed by atoms with Crippen LogP contribution in [0.15, 0.2) is 45.6 Å². The van der Waals surface area contributed by atoms with Crippen molar-refractivity contribution >= 4 is 16.9 Å². The van der Waals surface area contributed by atoms with E-state index < -0.39 is 17.3 Å². The maximum Gasteiger partial charge on any atom is 0.290 e. The van der Waals surface area contributed by atoms with E-state index in [2.05, 4.69) is 13.8 Å². The Kier molecular flexibility index (Phi) is 7.64. The van der Waals surface area contributed by atoms with Crippen molar-refractivity contribution in [2.45, 2.75) is 32.7 Å². The number of fused-ring (bicyclic) bond motifs is 2. The van der Waals surface area contributed by atoms with Gasteiger partial charge in [-0.2, -0.15) is 0 Å². The van der Waals surface area contributed by atoms with Gasteiger partial charge in [0.25, 0.3) is 5.91 Å². The zero-order valence-corrected chi connectivity index (χ0v) is 21.5. The molecule has 1 aromatic heterocycles. The van der Waals surface area contributed by atoms with Gasteiger partial charge in [0, 0.05) is 6.54 Å². The lowest BCUT2D eigenvalue weighted by Crippen LogP contribution is -2.32. The van der Waals surface area contributed by atoms with Gasteiger partial charge in [-0.25, -0.2) is 4.39 Å². The number of nitrogens with zero attached hydrogens (tertiary/aromatic N) is 2. The molecule has 1 amide bonds. The third-order valence-electron chi connectivity index (χ3n) is 6.39. The molecule has 2 heterocycles. The highest BCUT2D eigenvalue weighted by Gasteiger charge is 2.42. The second-order valence-electron chi connectivity index (χ2n) is 9.81. The molecule has 0 N–H and O–H groups in total. The maximum absolute atomic E-state index is 14.0. The van der Waals surface area contributed by atoms with Crippen LogP contribution in [0.3, 0.4) is 0 Å². The number of carbonyl (C=O) groups is 1. The summed E-state index contributed by atoms with van der Waals surface area (Å²) in [6.45, 7) is 6.00. The van der Waals surface area contributed by atoms with Crippen molar-refractivity contribution in [2.24, 2.45) is 5.92 Å². The first kappa shape index (κ1) is 25.7. The molecule has 4 rings (SSSR count). The van der Waals surface area contributed by atoms with Crippen LogP contribution in [0.4, 0.5) is 4.39 Å². The van der Waals surface area contributed by atoms with Crippen molar-refractivity contribution < 1.29 is 23.1 Å². The minimum atomic E-state index is -0.683. The monoisotopic (exact) mass is 496 g/mol. The van der Waals surface area contributed by atoms with Crippen molar-refractivity contribution in [2.75, 3.05) is 40.9 Å². The summed E-state index contributed by atoms with van der Waals surface area (Å²) in [6, 6.07) is 8.51. The predicted octanol–water partition coefficient (Wildman–Crippen LogP) is 4.86. The summed E-state index contributed by atoms with van der Waals surface area (Å²) in [5, 5.41) is 0.113. The molecule has 0 bridgehead atoms. The minimum absolute atomic E-state index is 0.00480. The third kappa shape index (κ3) is 5.09. The molecule has 0 radical (unpaired) electrons. The van der Waals surface area contributed by atoms with Crippen LogP contribution in [0.25, 0.3) is 11.0 Å². The van der Waals surface area contributed by atoms with E-state index in [4.69, 9.17) is 13.9 Å². The molecule has 1 atom stereocenters. The van der Waals surface area contributed by atoms with Crippen LogP contribution < -0.4 is 14.9 Å². The summed E-state index contributed by atoms with van der Waals surface area (Å²) in [4.78, 5) is 30.8. The van der Waals surface area contributed by atoms with E-state index in [0.717, 1.165) is 19.0 Å². The molecular formula is C28H33FN2O5. The highest BCUT2D eigenvalue weighted by Crippen LogP contribution is 2.41. The fraction of sp³-hybridized carbons (Fsp3) is 0.429. The summed E-state index contributed by atoms with van der Waals surface area (Å²) in [7, 11) is 5.49. The molecule has 8 heteroatoms. The Morgan fingerprint density at radius 1 is 1.11 bits per heavy atom. The standard InChI is InChI=1S/C28H33FN2O5/c1-17(2)11-14-35-22-9-7-18(15-23(22)34-5)25-24-26(32)20-16-19(29)8-10-21(20)36-27(24)28(33)31(25)13-6-12-30(3)4/h7-10,15-17,25H,6,11-14H2,1-5H3/t25-/m1/s1. The van der Waals surface area contributed by atoms with Crippen LogP contribution in [0.2, 0.25) is 0 Å². The summed E-state index contributed by atoms with van der Waals surface area (Å²) in [5.41, 5.74) is 0.700. The number of benzene rings is 2. The summed E-state index contributed by atoms with van der Waals surface area (Å²) < 4.78 is 31.4. The average molecular weight is 497 g/mol. The highest BCUT2D eigenvalue weighted by atomic mass is 19.1. The fourth-order valence-electron chi connectivity index (χ4n) is 4.51. The Morgan fingerprint density at radius 2 is 1.89 bits per heavy atom. The van der Waals surface area contributed by atoms with Crippen molar-refractivity contribution in [3.05, 3.63) is 69.3 Å². The molecule has 0 fully saturated rings. The normalized spacial score (nSPS) is 15.3. The van der Waals surface area contributed by atoms with Gasteiger partial charge in [-0.15, -0.1) is 0 Å². The van der Waals surface area contributed by atoms with Crippen LogP contribution in [-0.2, 0) is 0 Å². The Morgan fingerprint density at radius 3 is 2.58 bits per heavy atom. The Balaban J connectivity index is 1.80. The van der Waals surface area contributed by atoms with E-state index in [-0.39, 0.29) is 28.2 Å². The van der Waals surface area contributed by atoms with Crippen molar-refractivity contribution in [1.82, 2.24) is 9.80 Å². The highest BCUT2D eigenvalue weighted by molar-refractivity contribution is 5.99. The second-order valence-corrected chi connectivity index (χ2v) is 9.81. The van der Waals surface area contributed by atoms with E-state index >= 15 is 0 Å². The van der Waals surface area contributed by atoms with Gasteiger partial charge in [-0.3, -0.25) is 9.59 Å². The van der Waals surface area contributed by atoms with Gasteiger partial charge in [0.1, 0.15) is 11.4 Å². The summed E-state index contributed by atoms with van der Waals surface area (Å²) >= 11 is 0. The van der Waals surface area contributed by atoms with Gasteiger partial charge in [0.15, 0.2) is 16.9 Å². The molecule has 3 aromatic rings. The molecule has 36 heavy (non-hydrogen) atoms. The van der Waals surface area contributed by atoms with Crippen molar-refractivity contribution in [3.8, 4) is 11.5 Å². The Bertz CT molecular complexity index is 1320. The molecule has 0 saturated carbocycles. The molecule has 0 spiro atoms. The largest absolute Gasteiger partial charge is 0.493 e. The van der Waals surface area contributed by atoms with Gasteiger partial charge < -0.3 is 23.7 Å². The number of methoxy groups -OCH3 is 1. The first-order valence-corrected chi connectivity index (χ1v) is 12.2. The van der Waals surface area contributed by atoms with Crippen LogP contribution in [0.5, 0.6) is 11.5 Å². The lowest BCUT2D eigenvalue weighted by molar-refractivity contribution is 0.0722. The molecule has 7 nitrogen and oxygen atoms in total. The van der Waals surface area contributed by atoms with Crippen LogP contribution >= 0.6 is 0 Å². The number of halogens is 1. The van der Waals surface area contributed by atoms with E-state index in [0.29, 0.717) is 42.6 Å². The summed E-state index contributed by atoms with van der Waals surface area (Å²) in [6.07, 6.45) is 1.61. The van der Waals surface area contributed by atoms with E-state index in [1.165, 1.54) is 12.1 Å². The van der Waals surface area contributed by atoms with Crippen molar-refractivity contribution in [3.63, 3.8) is 0 Å². The Hall–Kier alpha value is -3.39. The van der Waals surface area contributed by atoms with Gasteiger partial charge in [-0.1, -0.05) is 19.9 Å². The molecule has 0 saturated heterocycles. The van der Waals surface area contributed by atoms with E-state index in [9.17, 15) is 14.0 Å². The predicted molar refractivity (Wildman–Crippen MR) is 136 cm³/mol. The van der Waals surface area contributed by atoms with Gasteiger partial charge >= 0.3 is 0 Å². The molecule has 192 valence electrons. The number of hydrogen-bond acceptors (Lipinski definition) is 6. The smallest absolute Gasteiger partial charge is 0.290 e. The van der Waals surface area contributed by atoms with Crippen molar-refractivity contribution in [1.29, 1.82) is 0 Å². The zero-order valence-electron chi connectivity index (χ0n) is 21.5. The van der Waals surface area contributed by atoms with Gasteiger partial charge in [-0.05, 0) is 75.3 Å². The van der Waals surface area contributed by atoms with Gasteiger partial charge in [0.05, 0.1) is 30.7 Å². The van der Waals surface area contributed by atoms with Gasteiger partial charge in [0.2, 0.25) is 5.76 Å². The minimum Gasteiger partial charge on any atom is -0.493 e. The number of hydrogen-bond donors (Lipinski definition) is 0. The fourth-order valence-corrected chi connectivity index (χ4v) is 4.51. The molecular weight excluding hydrogens is 463 g/mol. The Labute approximate surface area is 210 Å². The summed E-state index contributed by atoms with van der Waals surface area (Å²) in [5.74, 6) is 0.729. The molecule has 0 aliphatic carbocycles. The first-order chi connectivity index (χ1) is 17.2. The number of carbonyl (C=O) groups excluding carboxylic acids is 1. The second kappa shape index (κ2) is 10.7. The van der Waals surface area contributed by atoms with E-state index in [1.54, 1.807) is 24.1 Å². The first-order valence-electron chi connectivity index (χ1n) is 12.2. The molecule has 1 aliphatic heterocycles. The van der Waals surface area contributed by atoms with Crippen LogP contribution in [0.1, 0.15) is 54.4 Å². The number of rotatable bonds is 10. The SMILES string of the molecule is COc1cc([C@@H]2c3c(oc4ccc(F)cc4c3=O)C(=O)N2CCCN(C)C)ccc1OCCC(C)C. The lowest BCUT2D eigenvalue weighted by Gasteiger charge is -2.26. The molecule has 1 aliphatic rings. The lowest BCUT2D eigenvalue weighted by atomic mass is 9.98. The molecule has 2 aromatic carbocycles. The van der Waals surface area contributed by atoms with Crippen LogP contribution in [-0.4, -0.2) is 56.6 Å². The topological polar surface area (TPSA) is 72.2 Å². The zero-order chi connectivity index (χ0) is 26.0. The average Bonchev–Trinajstić information content (AvgIpc) is 3.11. The molecule has 0 unspecified atom stereocenters. The van der Waals surface area contributed by atoms with Crippen LogP contribution in [0, 0.1) is 11.7 Å². The number of amides is 1. The third-order valence-corrected chi connectivity index (χ3v) is 6.39. The maximum atomic E-state index is 14.0. The number of ether oxygens (including phenoxy) is 2.